The molecular formula is C14H17F2NO3. The Bertz CT molecular complexity index is 491. The molecule has 0 bridgehead atoms. The molecule has 1 aromatic carbocycles. The van der Waals surface area contributed by atoms with Crippen molar-refractivity contribution < 1.29 is 23.1 Å². The second kappa shape index (κ2) is 7.57. The van der Waals surface area contributed by atoms with Gasteiger partial charge in [0.2, 0.25) is 0 Å². The number of esters is 1. The van der Waals surface area contributed by atoms with E-state index in [4.69, 9.17) is 0 Å². The lowest BCUT2D eigenvalue weighted by atomic mass is 10.1. The van der Waals surface area contributed by atoms with Crippen molar-refractivity contribution in [3.8, 4) is 0 Å². The highest BCUT2D eigenvalue weighted by Gasteiger charge is 2.23. The van der Waals surface area contributed by atoms with Gasteiger partial charge in [0, 0.05) is 6.07 Å². The van der Waals surface area contributed by atoms with Gasteiger partial charge >= 0.3 is 5.97 Å². The van der Waals surface area contributed by atoms with Crippen LogP contribution in [0.3, 0.4) is 0 Å². The zero-order chi connectivity index (χ0) is 15.1. The molecule has 110 valence electrons. The zero-order valence-corrected chi connectivity index (χ0v) is 11.4. The summed E-state index contributed by atoms with van der Waals surface area (Å²) in [5.74, 6) is -3.10. The van der Waals surface area contributed by atoms with E-state index in [1.54, 1.807) is 0 Å². The van der Waals surface area contributed by atoms with Crippen LogP contribution in [0, 0.1) is 11.6 Å². The summed E-state index contributed by atoms with van der Waals surface area (Å²) < 4.78 is 30.8. The molecule has 1 aromatic rings. The van der Waals surface area contributed by atoms with Crippen molar-refractivity contribution in [2.45, 2.75) is 32.2 Å². The van der Waals surface area contributed by atoms with E-state index < -0.39 is 29.6 Å². The highest BCUT2D eigenvalue weighted by atomic mass is 19.1. The number of nitrogens with one attached hydrogen (secondary N) is 1. The first-order chi connectivity index (χ1) is 9.49. The van der Waals surface area contributed by atoms with Crippen LogP contribution in [0.1, 0.15) is 36.5 Å². The van der Waals surface area contributed by atoms with E-state index in [2.05, 4.69) is 10.1 Å². The van der Waals surface area contributed by atoms with Gasteiger partial charge in [0.1, 0.15) is 17.7 Å². The summed E-state index contributed by atoms with van der Waals surface area (Å²) in [5.41, 5.74) is -0.309. The van der Waals surface area contributed by atoms with Crippen LogP contribution in [0.5, 0.6) is 0 Å². The van der Waals surface area contributed by atoms with E-state index >= 15 is 0 Å². The van der Waals surface area contributed by atoms with Crippen LogP contribution in [-0.2, 0) is 9.53 Å². The maximum atomic E-state index is 13.5. The fourth-order valence-electron chi connectivity index (χ4n) is 1.71. The molecule has 0 aliphatic heterocycles. The third kappa shape index (κ3) is 4.29. The number of unbranched alkanes of at least 4 members (excludes halogenated alkanes) is 1. The minimum absolute atomic E-state index is 0.309. The van der Waals surface area contributed by atoms with E-state index in [9.17, 15) is 18.4 Å². The van der Waals surface area contributed by atoms with Gasteiger partial charge in [-0.3, -0.25) is 4.79 Å². The van der Waals surface area contributed by atoms with Crippen molar-refractivity contribution in [2.24, 2.45) is 0 Å². The molecule has 0 heterocycles. The van der Waals surface area contributed by atoms with E-state index in [1.165, 1.54) is 7.11 Å². The maximum Gasteiger partial charge on any atom is 0.328 e. The topological polar surface area (TPSA) is 55.4 Å². The molecule has 0 unspecified atom stereocenters. The number of carbonyl (C=O) groups excluding carboxylic acids is 2. The third-order valence-corrected chi connectivity index (χ3v) is 2.81. The number of hydrogen-bond donors (Lipinski definition) is 1. The summed E-state index contributed by atoms with van der Waals surface area (Å²) in [5, 5.41) is 2.40. The Balaban J connectivity index is 2.81. The Morgan fingerprint density at radius 1 is 1.35 bits per heavy atom. The van der Waals surface area contributed by atoms with Gasteiger partial charge in [-0.2, -0.15) is 0 Å². The predicted octanol–water partition coefficient (Wildman–Crippen LogP) is 2.43. The molecule has 0 aromatic heterocycles. The van der Waals surface area contributed by atoms with Crippen molar-refractivity contribution >= 4 is 11.9 Å². The van der Waals surface area contributed by atoms with Gasteiger partial charge < -0.3 is 10.1 Å². The van der Waals surface area contributed by atoms with Gasteiger partial charge in [-0.25, -0.2) is 13.6 Å². The first-order valence-electron chi connectivity index (χ1n) is 6.33. The Hall–Kier alpha value is -1.98. The summed E-state index contributed by atoms with van der Waals surface area (Å²) in [4.78, 5) is 23.4. The summed E-state index contributed by atoms with van der Waals surface area (Å²) in [6.07, 6.45) is 1.96. The number of amides is 1. The molecule has 0 aliphatic carbocycles. The van der Waals surface area contributed by atoms with Crippen LogP contribution >= 0.6 is 0 Å². The van der Waals surface area contributed by atoms with Crippen LogP contribution < -0.4 is 5.32 Å². The standard InChI is InChI=1S/C14H17F2NO3/c1-3-4-5-12(14(19)20-2)17-13(18)10-7-6-9(15)8-11(10)16/h6-8,12H,3-5H2,1-2H3,(H,17,18)/t12-/m1/s1. The monoisotopic (exact) mass is 285 g/mol. The van der Waals surface area contributed by atoms with Crippen LogP contribution in [0.25, 0.3) is 0 Å². The lowest BCUT2D eigenvalue weighted by molar-refractivity contribution is -0.143. The molecule has 0 saturated heterocycles. The number of halogens is 2. The molecule has 4 nitrogen and oxygen atoms in total. The van der Waals surface area contributed by atoms with Crippen LogP contribution in [0.4, 0.5) is 8.78 Å². The Morgan fingerprint density at radius 2 is 2.05 bits per heavy atom. The molecule has 0 fully saturated rings. The highest BCUT2D eigenvalue weighted by molar-refractivity contribution is 5.96. The van der Waals surface area contributed by atoms with E-state index in [0.29, 0.717) is 18.9 Å². The van der Waals surface area contributed by atoms with Gasteiger partial charge in [-0.1, -0.05) is 19.8 Å². The van der Waals surface area contributed by atoms with Crippen molar-refractivity contribution in [1.29, 1.82) is 0 Å². The number of carbonyl (C=O) groups is 2. The average molecular weight is 285 g/mol. The molecule has 20 heavy (non-hydrogen) atoms. The highest BCUT2D eigenvalue weighted by Crippen LogP contribution is 2.11. The van der Waals surface area contributed by atoms with Crippen molar-refractivity contribution in [1.82, 2.24) is 5.32 Å². The number of methoxy groups -OCH3 is 1. The Labute approximate surface area is 116 Å². The van der Waals surface area contributed by atoms with E-state index in [-0.39, 0.29) is 5.56 Å². The molecule has 1 atom stereocenters. The van der Waals surface area contributed by atoms with Gasteiger partial charge in [-0.15, -0.1) is 0 Å². The van der Waals surface area contributed by atoms with E-state index in [0.717, 1.165) is 18.6 Å². The van der Waals surface area contributed by atoms with Gasteiger partial charge in [0.05, 0.1) is 12.7 Å². The second-order valence-corrected chi connectivity index (χ2v) is 4.32. The smallest absolute Gasteiger partial charge is 0.328 e. The largest absolute Gasteiger partial charge is 0.467 e. The van der Waals surface area contributed by atoms with Crippen molar-refractivity contribution in [2.75, 3.05) is 7.11 Å². The molecule has 0 spiro atoms. The first kappa shape index (κ1) is 16.1. The van der Waals surface area contributed by atoms with Crippen molar-refractivity contribution in [3.63, 3.8) is 0 Å². The van der Waals surface area contributed by atoms with Gasteiger partial charge in [-0.05, 0) is 18.6 Å². The quantitative estimate of drug-likeness (QED) is 0.817. The molecule has 1 amide bonds. The summed E-state index contributed by atoms with van der Waals surface area (Å²) in [6.45, 7) is 1.94. The molecule has 0 saturated carbocycles. The lowest BCUT2D eigenvalue weighted by Gasteiger charge is -2.16. The number of hydrogen-bond acceptors (Lipinski definition) is 3. The first-order valence-corrected chi connectivity index (χ1v) is 6.33. The van der Waals surface area contributed by atoms with Crippen LogP contribution in [0.15, 0.2) is 18.2 Å². The molecule has 0 aliphatic rings. The summed E-state index contributed by atoms with van der Waals surface area (Å²) in [6, 6.07) is 1.80. The fourth-order valence-corrected chi connectivity index (χ4v) is 1.71. The van der Waals surface area contributed by atoms with Gasteiger partial charge in [0.15, 0.2) is 0 Å². The van der Waals surface area contributed by atoms with Crippen LogP contribution in [-0.4, -0.2) is 25.0 Å². The summed E-state index contributed by atoms with van der Waals surface area (Å²) in [7, 11) is 1.21. The minimum atomic E-state index is -0.971. The molecule has 1 rings (SSSR count). The Kier molecular flexibility index (Phi) is 6.09. The number of rotatable bonds is 6. The fraction of sp³-hybridized carbons (Fsp3) is 0.429. The molecule has 0 radical (unpaired) electrons. The maximum absolute atomic E-state index is 13.5. The average Bonchev–Trinajstić information content (AvgIpc) is 2.42. The predicted molar refractivity (Wildman–Crippen MR) is 69.2 cm³/mol. The second-order valence-electron chi connectivity index (χ2n) is 4.32. The molecular weight excluding hydrogens is 268 g/mol. The SMILES string of the molecule is CCCC[C@@H](NC(=O)c1ccc(F)cc1F)C(=O)OC. The number of benzene rings is 1. The summed E-state index contributed by atoms with van der Waals surface area (Å²) >= 11 is 0. The third-order valence-electron chi connectivity index (χ3n) is 2.81. The lowest BCUT2D eigenvalue weighted by Crippen LogP contribution is -2.41. The van der Waals surface area contributed by atoms with Gasteiger partial charge in [0.25, 0.3) is 5.91 Å². The number of ether oxygens (including phenoxy) is 1. The van der Waals surface area contributed by atoms with Crippen molar-refractivity contribution in [3.05, 3.63) is 35.4 Å². The normalized spacial score (nSPS) is 11.8. The van der Waals surface area contributed by atoms with E-state index in [1.807, 2.05) is 6.92 Å². The van der Waals surface area contributed by atoms with Crippen LogP contribution in [0.2, 0.25) is 0 Å². The minimum Gasteiger partial charge on any atom is -0.467 e. The Morgan fingerprint density at radius 3 is 2.60 bits per heavy atom. The zero-order valence-electron chi connectivity index (χ0n) is 11.4. The molecule has 6 heteroatoms. The molecule has 1 N–H and O–H groups in total.